The second kappa shape index (κ2) is 11.5. The number of para-hydroxylation sites is 4. The van der Waals surface area contributed by atoms with E-state index in [0.717, 1.165) is 0 Å². The van der Waals surface area contributed by atoms with Gasteiger partial charge in [-0.05, 0) is 81.6 Å². The molecule has 2 aliphatic heterocycles. The average Bonchev–Trinajstić information content (AvgIpc) is 3.69. The summed E-state index contributed by atoms with van der Waals surface area (Å²) >= 11 is 3.87. The Balaban J connectivity index is 1.09. The zero-order chi connectivity index (χ0) is 35.3. The van der Waals surface area contributed by atoms with E-state index in [1.165, 1.54) is 107 Å². The molecule has 0 aliphatic carbocycles. The predicted molar refractivity (Wildman–Crippen MR) is 237 cm³/mol. The van der Waals surface area contributed by atoms with E-state index in [2.05, 4.69) is 192 Å². The van der Waals surface area contributed by atoms with Gasteiger partial charge in [0.25, 0.3) is 0 Å². The fourth-order valence-corrected chi connectivity index (χ4v) is 11.4. The SMILES string of the molecule is C1=Cc2ccccc2N(c2ccc3c(c2)sc2c4sc5cc(N6c7ccccc7C=Cc7ccccc76)ccc5c4c4ccccc4c32)c2ccccc21. The first-order valence-corrected chi connectivity index (χ1v) is 20.0. The molecule has 0 fully saturated rings. The lowest BCUT2D eigenvalue weighted by Gasteiger charge is -2.27. The number of fused-ring (bicyclic) bond motifs is 14. The molecular weight excluding hydrogens is 693 g/mol. The Morgan fingerprint density at radius 3 is 1.02 bits per heavy atom. The van der Waals surface area contributed by atoms with Crippen molar-refractivity contribution in [2.75, 3.05) is 9.80 Å². The van der Waals surface area contributed by atoms with Crippen LogP contribution in [0.25, 0.3) is 75.4 Å². The van der Waals surface area contributed by atoms with Crippen molar-refractivity contribution in [2.45, 2.75) is 0 Å². The molecule has 252 valence electrons. The number of nitrogens with zero attached hydrogens (tertiary/aromatic N) is 2. The van der Waals surface area contributed by atoms with Gasteiger partial charge in [0.2, 0.25) is 0 Å². The number of anilines is 6. The number of hydrogen-bond acceptors (Lipinski definition) is 4. The Morgan fingerprint density at radius 1 is 0.315 bits per heavy atom. The minimum Gasteiger partial charge on any atom is -0.309 e. The van der Waals surface area contributed by atoms with Crippen molar-refractivity contribution in [1.29, 1.82) is 0 Å². The third-order valence-electron chi connectivity index (χ3n) is 11.1. The van der Waals surface area contributed by atoms with Gasteiger partial charge in [-0.3, -0.25) is 0 Å². The number of benzene rings is 8. The zero-order valence-electron chi connectivity index (χ0n) is 29.0. The fraction of sp³-hybridized carbons (Fsp3) is 0. The molecule has 2 aliphatic rings. The maximum absolute atomic E-state index is 2.43. The van der Waals surface area contributed by atoms with Crippen LogP contribution in [0.4, 0.5) is 34.1 Å². The third-order valence-corrected chi connectivity index (χ3v) is 13.6. The van der Waals surface area contributed by atoms with E-state index < -0.39 is 0 Å². The molecular formula is C50H30N2S2. The zero-order valence-corrected chi connectivity index (χ0v) is 30.7. The lowest BCUT2D eigenvalue weighted by Crippen LogP contribution is -2.11. The molecule has 0 unspecified atom stereocenters. The Hall–Kier alpha value is -6.46. The molecule has 2 aromatic heterocycles. The number of rotatable bonds is 2. The molecule has 0 atom stereocenters. The summed E-state index contributed by atoms with van der Waals surface area (Å²) in [6, 6.07) is 58.0. The van der Waals surface area contributed by atoms with Gasteiger partial charge in [0.05, 0.1) is 32.1 Å². The van der Waals surface area contributed by atoms with Crippen molar-refractivity contribution in [3.8, 4) is 0 Å². The van der Waals surface area contributed by atoms with Crippen molar-refractivity contribution in [2.24, 2.45) is 0 Å². The van der Waals surface area contributed by atoms with Gasteiger partial charge in [-0.2, -0.15) is 0 Å². The summed E-state index contributed by atoms with van der Waals surface area (Å²) < 4.78 is 5.34. The molecule has 0 radical (unpaired) electrons. The van der Waals surface area contributed by atoms with Crippen molar-refractivity contribution in [3.05, 3.63) is 180 Å². The minimum absolute atomic E-state index is 1.17. The molecule has 0 N–H and O–H groups in total. The van der Waals surface area contributed by atoms with Crippen LogP contribution in [-0.2, 0) is 0 Å². The summed E-state index contributed by atoms with van der Waals surface area (Å²) in [4.78, 5) is 4.86. The minimum atomic E-state index is 1.17. The van der Waals surface area contributed by atoms with Crippen LogP contribution >= 0.6 is 22.7 Å². The van der Waals surface area contributed by atoms with E-state index in [4.69, 9.17) is 0 Å². The van der Waals surface area contributed by atoms with Crippen molar-refractivity contribution in [3.63, 3.8) is 0 Å². The molecule has 8 aromatic carbocycles. The molecule has 54 heavy (non-hydrogen) atoms. The molecule has 4 heteroatoms. The lowest BCUT2D eigenvalue weighted by molar-refractivity contribution is 1.28. The molecule has 0 bridgehead atoms. The first kappa shape index (κ1) is 30.0. The number of thiophene rings is 2. The van der Waals surface area contributed by atoms with Gasteiger partial charge in [0, 0.05) is 42.3 Å². The maximum Gasteiger partial charge on any atom is 0.0540 e. The Kier molecular flexibility index (Phi) is 6.41. The third kappa shape index (κ3) is 4.32. The van der Waals surface area contributed by atoms with Crippen LogP contribution in [0.15, 0.2) is 158 Å². The monoisotopic (exact) mass is 722 g/mol. The average molecular weight is 723 g/mol. The second-order valence-corrected chi connectivity index (χ2v) is 16.2. The van der Waals surface area contributed by atoms with Gasteiger partial charge in [0.1, 0.15) is 0 Å². The van der Waals surface area contributed by atoms with E-state index in [-0.39, 0.29) is 0 Å². The largest absolute Gasteiger partial charge is 0.309 e. The summed E-state index contributed by atoms with van der Waals surface area (Å²) in [6.45, 7) is 0. The Labute approximate surface area is 320 Å². The highest BCUT2D eigenvalue weighted by atomic mass is 32.1. The van der Waals surface area contributed by atoms with Crippen LogP contribution in [0.1, 0.15) is 22.3 Å². The quantitative estimate of drug-likeness (QED) is 0.175. The summed E-state index contributed by atoms with van der Waals surface area (Å²) in [5, 5.41) is 7.98. The first-order valence-electron chi connectivity index (χ1n) is 18.3. The van der Waals surface area contributed by atoms with Crippen LogP contribution < -0.4 is 9.80 Å². The molecule has 0 amide bonds. The van der Waals surface area contributed by atoms with Gasteiger partial charge in [-0.1, -0.05) is 133 Å². The van der Waals surface area contributed by atoms with Gasteiger partial charge in [0.15, 0.2) is 0 Å². The van der Waals surface area contributed by atoms with Crippen LogP contribution in [0.3, 0.4) is 0 Å². The summed E-state index contributed by atoms with van der Waals surface area (Å²) in [7, 11) is 0. The van der Waals surface area contributed by atoms with E-state index in [9.17, 15) is 0 Å². The highest BCUT2D eigenvalue weighted by Crippen LogP contribution is 2.52. The predicted octanol–water partition coefficient (Wildman–Crippen LogP) is 15.5. The molecule has 10 aromatic rings. The van der Waals surface area contributed by atoms with E-state index in [0.29, 0.717) is 0 Å². The fourth-order valence-electron chi connectivity index (χ4n) is 8.73. The smallest absolute Gasteiger partial charge is 0.0540 e. The van der Waals surface area contributed by atoms with Crippen LogP contribution in [0, 0.1) is 0 Å². The summed E-state index contributed by atoms with van der Waals surface area (Å²) in [5.41, 5.74) is 12.0. The first-order chi connectivity index (χ1) is 26.8. The van der Waals surface area contributed by atoms with Crippen LogP contribution in [-0.4, -0.2) is 0 Å². The normalized spacial score (nSPS) is 13.3. The highest BCUT2D eigenvalue weighted by Gasteiger charge is 2.24. The van der Waals surface area contributed by atoms with Crippen molar-refractivity contribution < 1.29 is 0 Å². The Bertz CT molecular complexity index is 2930. The van der Waals surface area contributed by atoms with Crippen LogP contribution in [0.2, 0.25) is 0 Å². The molecule has 12 rings (SSSR count). The number of hydrogen-bond donors (Lipinski definition) is 0. The Morgan fingerprint density at radius 2 is 0.648 bits per heavy atom. The standard InChI is InChI=1S/C50H30N2S2/c1-7-17-41-31(11-1)21-22-32-12-2-8-18-42(32)51(41)35-25-27-39-45(29-35)53-49-47(39)37-15-5-6-16-38(37)48-40-28-26-36(30-46(40)54-50(48)49)52-43-19-9-3-13-33(43)23-24-34-14-4-10-20-44(34)52/h1-30H. The van der Waals surface area contributed by atoms with Gasteiger partial charge < -0.3 is 9.80 Å². The molecule has 0 saturated heterocycles. The molecule has 4 heterocycles. The van der Waals surface area contributed by atoms with E-state index in [1.807, 2.05) is 22.7 Å². The second-order valence-electron chi connectivity index (χ2n) is 14.1. The summed E-state index contributed by atoms with van der Waals surface area (Å²) in [5.74, 6) is 0. The van der Waals surface area contributed by atoms with Gasteiger partial charge in [-0.25, -0.2) is 0 Å². The van der Waals surface area contributed by atoms with E-state index in [1.54, 1.807) is 0 Å². The van der Waals surface area contributed by atoms with Crippen LogP contribution in [0.5, 0.6) is 0 Å². The lowest BCUT2D eigenvalue weighted by atomic mass is 9.98. The molecule has 2 nitrogen and oxygen atoms in total. The highest BCUT2D eigenvalue weighted by molar-refractivity contribution is 7.33. The topological polar surface area (TPSA) is 6.48 Å². The van der Waals surface area contributed by atoms with Gasteiger partial charge >= 0.3 is 0 Å². The van der Waals surface area contributed by atoms with Gasteiger partial charge in [-0.15, -0.1) is 22.7 Å². The van der Waals surface area contributed by atoms with Crippen molar-refractivity contribution in [1.82, 2.24) is 0 Å². The summed E-state index contributed by atoms with van der Waals surface area (Å²) in [6.07, 6.45) is 8.96. The molecule has 0 spiro atoms. The maximum atomic E-state index is 2.43. The van der Waals surface area contributed by atoms with Crippen molar-refractivity contribution >= 4 is 132 Å². The van der Waals surface area contributed by atoms with E-state index >= 15 is 0 Å². The molecule has 0 saturated carbocycles.